The van der Waals surface area contributed by atoms with Crippen molar-refractivity contribution >= 4 is 11.8 Å². The number of aliphatic hydroxyl groups is 1. The van der Waals surface area contributed by atoms with Crippen LogP contribution in [-0.4, -0.2) is 37.1 Å². The summed E-state index contributed by atoms with van der Waals surface area (Å²) < 4.78 is 4.94. The summed E-state index contributed by atoms with van der Waals surface area (Å²) in [6.07, 6.45) is 3.43. The largest absolute Gasteiger partial charge is 0.468 e. The van der Waals surface area contributed by atoms with Gasteiger partial charge in [-0.15, -0.1) is 0 Å². The zero-order valence-electron chi connectivity index (χ0n) is 24.5. The second-order valence-electron chi connectivity index (χ2n) is 11.9. The van der Waals surface area contributed by atoms with Gasteiger partial charge in [0.25, 0.3) is 0 Å². The minimum Gasteiger partial charge on any atom is -0.468 e. The lowest BCUT2D eigenvalue weighted by Crippen LogP contribution is -2.52. The number of hydrogen-bond acceptors (Lipinski definition) is 5. The highest BCUT2D eigenvalue weighted by atomic mass is 16.5. The van der Waals surface area contributed by atoms with Crippen LogP contribution in [0.3, 0.4) is 0 Å². The van der Waals surface area contributed by atoms with Gasteiger partial charge in [0.2, 0.25) is 0 Å². The van der Waals surface area contributed by atoms with Gasteiger partial charge >= 0.3 is 5.97 Å². The number of Topliss-reactive ketones (excluding diaryl/α,β-unsaturated/α-hetero) is 1. The normalized spacial score (nSPS) is 15.4. The van der Waals surface area contributed by atoms with E-state index < -0.39 is 16.4 Å². The molecule has 0 radical (unpaired) electrons. The minimum absolute atomic E-state index is 0.0701. The van der Waals surface area contributed by atoms with Gasteiger partial charge in [-0.25, -0.2) is 0 Å². The first-order valence-corrected chi connectivity index (χ1v) is 14.3. The molecule has 1 heterocycles. The molecule has 1 aliphatic heterocycles. The predicted octanol–water partition coefficient (Wildman–Crippen LogP) is 6.41. The smallest absolute Gasteiger partial charge is 0.315 e. The monoisotopic (exact) mass is 541 g/mol. The van der Waals surface area contributed by atoms with Crippen molar-refractivity contribution in [2.24, 2.45) is 5.41 Å². The van der Waals surface area contributed by atoms with Gasteiger partial charge in [0.15, 0.2) is 5.78 Å². The minimum atomic E-state index is -1.18. The Balaban J connectivity index is 1.59. The summed E-state index contributed by atoms with van der Waals surface area (Å²) in [5.41, 5.74) is 3.17. The van der Waals surface area contributed by atoms with Crippen LogP contribution in [0.15, 0.2) is 72.8 Å². The lowest BCUT2D eigenvalue weighted by molar-refractivity contribution is -0.146. The Morgan fingerprint density at radius 3 is 1.77 bits per heavy atom. The van der Waals surface area contributed by atoms with Crippen LogP contribution in [0.5, 0.6) is 0 Å². The number of esters is 1. The Hall–Kier alpha value is -3.28. The van der Waals surface area contributed by atoms with Gasteiger partial charge in [-0.2, -0.15) is 0 Å². The zero-order chi connectivity index (χ0) is 29.0. The molecule has 40 heavy (non-hydrogen) atoms. The summed E-state index contributed by atoms with van der Waals surface area (Å²) in [6, 6.07) is 23.8. The van der Waals surface area contributed by atoms with E-state index in [1.807, 2.05) is 26.0 Å². The van der Waals surface area contributed by atoms with Crippen molar-refractivity contribution in [2.75, 3.05) is 20.2 Å². The summed E-state index contributed by atoms with van der Waals surface area (Å²) in [4.78, 5) is 25.4. The maximum absolute atomic E-state index is 13.2. The van der Waals surface area contributed by atoms with E-state index in [2.05, 4.69) is 67.7 Å². The highest BCUT2D eigenvalue weighted by molar-refractivity contribution is 5.96. The number of ether oxygens (including phenoxy) is 1. The van der Waals surface area contributed by atoms with E-state index in [4.69, 9.17) is 4.74 Å². The number of carbonyl (C=O) groups is 2. The van der Waals surface area contributed by atoms with Gasteiger partial charge in [-0.1, -0.05) is 83.9 Å². The molecule has 3 aromatic rings. The van der Waals surface area contributed by atoms with Gasteiger partial charge in [0, 0.05) is 17.4 Å². The number of rotatable bonds is 10. The lowest BCUT2D eigenvalue weighted by Gasteiger charge is -2.51. The van der Waals surface area contributed by atoms with Crippen LogP contribution < -0.4 is 5.32 Å². The van der Waals surface area contributed by atoms with Crippen LogP contribution in [0.1, 0.15) is 84.1 Å². The fraction of sp³-hybridized carbons (Fsp3) is 0.429. The van der Waals surface area contributed by atoms with E-state index in [9.17, 15) is 14.7 Å². The van der Waals surface area contributed by atoms with Crippen LogP contribution >= 0.6 is 0 Å². The molecule has 0 aromatic heterocycles. The molecule has 0 unspecified atom stereocenters. The number of carbonyl (C=O) groups excluding carboxylic acids is 2. The highest BCUT2D eigenvalue weighted by Gasteiger charge is 2.52. The lowest BCUT2D eigenvalue weighted by atomic mass is 9.58. The van der Waals surface area contributed by atoms with Crippen molar-refractivity contribution in [3.63, 3.8) is 0 Å². The maximum atomic E-state index is 13.2. The number of piperidine rings is 1. The van der Waals surface area contributed by atoms with Crippen molar-refractivity contribution in [1.82, 2.24) is 5.32 Å². The third-order valence-electron chi connectivity index (χ3n) is 8.95. The molecule has 2 N–H and O–H groups in total. The molecule has 0 saturated carbocycles. The van der Waals surface area contributed by atoms with Crippen molar-refractivity contribution in [3.8, 4) is 0 Å². The predicted molar refractivity (Wildman–Crippen MR) is 160 cm³/mol. The van der Waals surface area contributed by atoms with Gasteiger partial charge in [0.1, 0.15) is 5.60 Å². The van der Waals surface area contributed by atoms with Crippen LogP contribution in [0, 0.1) is 19.3 Å². The molecule has 0 amide bonds. The second kappa shape index (κ2) is 12.1. The van der Waals surface area contributed by atoms with Gasteiger partial charge in [0.05, 0.1) is 12.5 Å². The van der Waals surface area contributed by atoms with E-state index in [0.717, 1.165) is 60.2 Å². The summed E-state index contributed by atoms with van der Waals surface area (Å²) in [5, 5.41) is 16.3. The standard InChI is InChI=1S/C35H43NO4/c1-25-8-14-29(15-9-25)35(39,30-16-10-26(2)11-17-30)34(21-23-36-24-22-34)20-6-7-31(37)27-12-18-28(19-13-27)33(3,4)32(38)40-5/h8-19,36,39H,6-7,20-24H2,1-5H3. The number of methoxy groups -OCH3 is 1. The molecule has 0 bridgehead atoms. The van der Waals surface area contributed by atoms with E-state index in [1.165, 1.54) is 7.11 Å². The Labute approximate surface area is 239 Å². The SMILES string of the molecule is COC(=O)C(C)(C)c1ccc(C(=O)CCCC2(C(O)(c3ccc(C)cc3)c3ccc(C)cc3)CCNCC2)cc1. The topological polar surface area (TPSA) is 75.6 Å². The molecule has 1 aliphatic rings. The zero-order valence-corrected chi connectivity index (χ0v) is 24.5. The molecule has 0 atom stereocenters. The number of ketones is 1. The molecule has 1 saturated heterocycles. The van der Waals surface area contributed by atoms with Crippen molar-refractivity contribution in [2.45, 2.75) is 70.8 Å². The number of benzene rings is 3. The number of aryl methyl sites for hydroxylation is 2. The Bertz CT molecular complexity index is 1260. The van der Waals surface area contributed by atoms with Crippen LogP contribution in [0.25, 0.3) is 0 Å². The molecular weight excluding hydrogens is 498 g/mol. The Kier molecular flexibility index (Phi) is 8.96. The molecule has 3 aromatic carbocycles. The average Bonchev–Trinajstić information content (AvgIpc) is 2.97. The third kappa shape index (κ3) is 5.77. The first kappa shape index (κ1) is 29.7. The molecule has 5 nitrogen and oxygen atoms in total. The Morgan fingerprint density at radius 1 is 0.825 bits per heavy atom. The van der Waals surface area contributed by atoms with Crippen LogP contribution in [0.2, 0.25) is 0 Å². The molecule has 5 heteroatoms. The summed E-state index contributed by atoms with van der Waals surface area (Å²) >= 11 is 0. The first-order valence-electron chi connectivity index (χ1n) is 14.3. The maximum Gasteiger partial charge on any atom is 0.315 e. The molecule has 0 spiro atoms. The van der Waals surface area contributed by atoms with E-state index >= 15 is 0 Å². The molecule has 0 aliphatic carbocycles. The third-order valence-corrected chi connectivity index (χ3v) is 8.95. The number of hydrogen-bond donors (Lipinski definition) is 2. The average molecular weight is 542 g/mol. The van der Waals surface area contributed by atoms with Crippen molar-refractivity contribution in [1.29, 1.82) is 0 Å². The van der Waals surface area contributed by atoms with Gasteiger partial charge in [-0.05, 0) is 83.2 Å². The van der Waals surface area contributed by atoms with Crippen LogP contribution in [-0.2, 0) is 20.5 Å². The quantitative estimate of drug-likeness (QED) is 0.229. The van der Waals surface area contributed by atoms with Crippen LogP contribution in [0.4, 0.5) is 0 Å². The molecule has 212 valence electrons. The van der Waals surface area contributed by atoms with Gasteiger partial charge < -0.3 is 15.2 Å². The van der Waals surface area contributed by atoms with E-state index in [-0.39, 0.29) is 11.8 Å². The van der Waals surface area contributed by atoms with Crippen molar-refractivity contribution < 1.29 is 19.4 Å². The summed E-state index contributed by atoms with van der Waals surface area (Å²) in [6.45, 7) is 9.40. The first-order chi connectivity index (χ1) is 19.0. The van der Waals surface area contributed by atoms with E-state index in [0.29, 0.717) is 18.4 Å². The van der Waals surface area contributed by atoms with E-state index in [1.54, 1.807) is 12.1 Å². The number of nitrogens with one attached hydrogen (secondary N) is 1. The molecule has 1 fully saturated rings. The highest BCUT2D eigenvalue weighted by Crippen LogP contribution is 2.53. The second-order valence-corrected chi connectivity index (χ2v) is 11.9. The molecular formula is C35H43NO4. The summed E-state index contributed by atoms with van der Waals surface area (Å²) in [5.74, 6) is -0.241. The fourth-order valence-electron chi connectivity index (χ4n) is 6.24. The Morgan fingerprint density at radius 2 is 1.30 bits per heavy atom. The van der Waals surface area contributed by atoms with Gasteiger partial charge in [-0.3, -0.25) is 9.59 Å². The fourth-order valence-corrected chi connectivity index (χ4v) is 6.24. The molecule has 4 rings (SSSR count). The van der Waals surface area contributed by atoms with Crippen molar-refractivity contribution in [3.05, 3.63) is 106 Å². The summed E-state index contributed by atoms with van der Waals surface area (Å²) in [7, 11) is 1.38.